The van der Waals surface area contributed by atoms with Gasteiger partial charge in [0, 0.05) is 0 Å². The monoisotopic (exact) mass is 114 g/mol. The predicted molar refractivity (Wildman–Crippen MR) is 29.4 cm³/mol. The van der Waals surface area contributed by atoms with Gasteiger partial charge in [-0.15, -0.1) is 0 Å². The van der Waals surface area contributed by atoms with E-state index in [4.69, 9.17) is 11.1 Å². The highest BCUT2D eigenvalue weighted by Gasteiger charge is 1.79. The summed E-state index contributed by atoms with van der Waals surface area (Å²) in [5.41, 5.74) is 4.78. The highest BCUT2D eigenvalue weighted by atomic mass is 15.3. The zero-order valence-electron chi connectivity index (χ0n) is 4.07. The molecule has 0 aromatic rings. The van der Waals surface area contributed by atoms with Crippen molar-refractivity contribution in [2.75, 3.05) is 0 Å². The van der Waals surface area contributed by atoms with E-state index in [0.29, 0.717) is 0 Å². The van der Waals surface area contributed by atoms with Crippen molar-refractivity contribution < 1.29 is 0 Å². The second-order valence-electron chi connectivity index (χ2n) is 0.817. The fourth-order valence-electron chi connectivity index (χ4n) is 0.151. The number of hydrogen-bond acceptors (Lipinski definition) is 2. The zero-order chi connectivity index (χ0) is 6.41. The van der Waals surface area contributed by atoms with Crippen LogP contribution in [0.15, 0.2) is 15.3 Å². The first-order valence-electron chi connectivity index (χ1n) is 1.75. The maximum absolute atomic E-state index is 6.67. The fraction of sp³-hybridized carbons (Fsp3) is 0. The molecule has 0 aliphatic carbocycles. The fourth-order valence-corrected chi connectivity index (χ4v) is 0.151. The minimum absolute atomic E-state index is 0.310. The van der Waals surface area contributed by atoms with Crippen molar-refractivity contribution >= 4 is 12.3 Å². The Hall–Kier alpha value is -1.46. The Morgan fingerprint density at radius 3 is 2.62 bits per heavy atom. The van der Waals surface area contributed by atoms with E-state index in [1.54, 1.807) is 0 Å². The molecule has 0 amide bonds. The lowest BCUT2D eigenvalue weighted by Crippen LogP contribution is -1.94. The van der Waals surface area contributed by atoms with Gasteiger partial charge >= 0.3 is 0 Å². The Morgan fingerprint density at radius 2 is 2.25 bits per heavy atom. The third-order valence-electron chi connectivity index (χ3n) is 0.349. The number of nitrogens with two attached hydrogens (primary N) is 2. The SMILES string of the molecule is N=C(N=CN)N=NN. The number of guanidine groups is 1. The van der Waals surface area contributed by atoms with Crippen molar-refractivity contribution in [1.29, 1.82) is 5.41 Å². The Morgan fingerprint density at radius 1 is 1.62 bits per heavy atom. The van der Waals surface area contributed by atoms with Gasteiger partial charge in [-0.1, -0.05) is 10.3 Å². The second-order valence-corrected chi connectivity index (χ2v) is 0.817. The van der Waals surface area contributed by atoms with Crippen LogP contribution in [0.4, 0.5) is 0 Å². The molecule has 0 aromatic heterocycles. The molecule has 6 heteroatoms. The van der Waals surface area contributed by atoms with Gasteiger partial charge < -0.3 is 11.6 Å². The zero-order valence-corrected chi connectivity index (χ0v) is 4.07. The summed E-state index contributed by atoms with van der Waals surface area (Å²) in [5, 5.41) is 12.5. The lowest BCUT2D eigenvalue weighted by molar-refractivity contribution is 1.07. The van der Waals surface area contributed by atoms with E-state index in [1.165, 1.54) is 0 Å². The van der Waals surface area contributed by atoms with Gasteiger partial charge in [0.05, 0.1) is 6.34 Å². The maximum Gasteiger partial charge on any atom is 0.264 e. The molecule has 0 atom stereocenters. The van der Waals surface area contributed by atoms with E-state index in [9.17, 15) is 0 Å². The Kier molecular flexibility index (Phi) is 3.04. The predicted octanol–water partition coefficient (Wildman–Crippen LogP) is -0.766. The van der Waals surface area contributed by atoms with Crippen LogP contribution in [0.25, 0.3) is 0 Å². The molecule has 0 bridgehead atoms. The van der Waals surface area contributed by atoms with Crippen molar-refractivity contribution in [3.8, 4) is 0 Å². The van der Waals surface area contributed by atoms with E-state index in [2.05, 4.69) is 21.2 Å². The summed E-state index contributed by atoms with van der Waals surface area (Å²) in [6.07, 6.45) is 0.941. The first-order valence-corrected chi connectivity index (χ1v) is 1.75. The van der Waals surface area contributed by atoms with Gasteiger partial charge in [0.1, 0.15) is 0 Å². The Labute approximate surface area is 45.8 Å². The molecule has 0 heterocycles. The molecule has 8 heavy (non-hydrogen) atoms. The molecule has 0 aromatic carbocycles. The summed E-state index contributed by atoms with van der Waals surface area (Å²) >= 11 is 0. The summed E-state index contributed by atoms with van der Waals surface area (Å²) in [4.78, 5) is 3.21. The number of hydrogen-bond donors (Lipinski definition) is 3. The van der Waals surface area contributed by atoms with Crippen molar-refractivity contribution in [2.24, 2.45) is 26.9 Å². The van der Waals surface area contributed by atoms with Crippen LogP contribution in [-0.2, 0) is 0 Å². The molecule has 0 fully saturated rings. The van der Waals surface area contributed by atoms with Crippen molar-refractivity contribution in [1.82, 2.24) is 0 Å². The van der Waals surface area contributed by atoms with Crippen LogP contribution in [-0.4, -0.2) is 12.3 Å². The Balaban J connectivity index is 3.66. The average Bonchev–Trinajstić information content (AvgIpc) is 1.68. The lowest BCUT2D eigenvalue weighted by Gasteiger charge is -1.78. The summed E-state index contributed by atoms with van der Waals surface area (Å²) in [6.45, 7) is 0. The highest BCUT2D eigenvalue weighted by Crippen LogP contribution is 1.73. The normalized spacial score (nSPS) is 11.0. The van der Waals surface area contributed by atoms with Crippen LogP contribution in [0.5, 0.6) is 0 Å². The van der Waals surface area contributed by atoms with Crippen molar-refractivity contribution in [3.63, 3.8) is 0 Å². The third-order valence-corrected chi connectivity index (χ3v) is 0.349. The summed E-state index contributed by atoms with van der Waals surface area (Å²) in [7, 11) is 0. The number of rotatable bonds is 0. The molecule has 0 saturated carbocycles. The molecular formula is C2H6N6. The van der Waals surface area contributed by atoms with Crippen molar-refractivity contribution in [3.05, 3.63) is 0 Å². The Bertz CT molecular complexity index is 108. The maximum atomic E-state index is 6.67. The molecule has 0 radical (unpaired) electrons. The summed E-state index contributed by atoms with van der Waals surface area (Å²) < 4.78 is 0. The molecule has 44 valence electrons. The van der Waals surface area contributed by atoms with Gasteiger partial charge in [0.2, 0.25) is 0 Å². The smallest absolute Gasteiger partial charge is 0.264 e. The van der Waals surface area contributed by atoms with Crippen molar-refractivity contribution in [2.45, 2.75) is 0 Å². The lowest BCUT2D eigenvalue weighted by atomic mass is 11.0. The number of nitrogens with one attached hydrogen (secondary N) is 1. The molecule has 0 spiro atoms. The molecule has 0 saturated heterocycles. The largest absolute Gasteiger partial charge is 0.390 e. The molecule has 6 nitrogen and oxygen atoms in total. The molecule has 0 rings (SSSR count). The van der Waals surface area contributed by atoms with Gasteiger partial charge in [-0.3, -0.25) is 5.41 Å². The summed E-state index contributed by atoms with van der Waals surface area (Å²) in [5.74, 6) is 4.25. The standard InChI is InChI=1S/C2H6N6/c3-1-6-2(4)7-8-5/h1H,(H5,3,4,5,6,7). The molecular weight excluding hydrogens is 108 g/mol. The van der Waals surface area contributed by atoms with E-state index in [1.807, 2.05) is 0 Å². The van der Waals surface area contributed by atoms with Gasteiger partial charge in [-0.2, -0.15) is 0 Å². The minimum atomic E-state index is -0.310. The van der Waals surface area contributed by atoms with Crippen LogP contribution in [0.3, 0.4) is 0 Å². The quantitative estimate of drug-likeness (QED) is 0.126. The molecule has 0 unspecified atom stereocenters. The molecule has 0 aliphatic heterocycles. The van der Waals surface area contributed by atoms with E-state index in [-0.39, 0.29) is 5.96 Å². The van der Waals surface area contributed by atoms with Crippen LogP contribution >= 0.6 is 0 Å². The third kappa shape index (κ3) is 2.76. The van der Waals surface area contributed by atoms with E-state index in [0.717, 1.165) is 6.34 Å². The van der Waals surface area contributed by atoms with Gasteiger partial charge in [-0.05, 0) is 0 Å². The number of nitrogens with zero attached hydrogens (tertiary/aromatic N) is 3. The van der Waals surface area contributed by atoms with E-state index >= 15 is 0 Å². The van der Waals surface area contributed by atoms with Crippen LogP contribution in [0.1, 0.15) is 0 Å². The first kappa shape index (κ1) is 6.54. The number of aliphatic imine (C=N–C) groups is 1. The van der Waals surface area contributed by atoms with E-state index < -0.39 is 0 Å². The van der Waals surface area contributed by atoms with Gasteiger partial charge in [-0.25, -0.2) is 4.99 Å². The van der Waals surface area contributed by atoms with Crippen LogP contribution in [0.2, 0.25) is 0 Å². The van der Waals surface area contributed by atoms with Crippen LogP contribution < -0.4 is 11.6 Å². The topological polar surface area (TPSA) is 113 Å². The van der Waals surface area contributed by atoms with Gasteiger partial charge in [0.15, 0.2) is 0 Å². The van der Waals surface area contributed by atoms with Crippen LogP contribution in [0, 0.1) is 5.41 Å². The molecule has 0 aliphatic rings. The molecule has 5 N–H and O–H groups in total. The first-order chi connectivity index (χ1) is 3.81. The minimum Gasteiger partial charge on any atom is -0.390 e. The average molecular weight is 114 g/mol. The summed E-state index contributed by atoms with van der Waals surface area (Å²) in [6, 6.07) is 0. The highest BCUT2D eigenvalue weighted by molar-refractivity contribution is 5.84. The van der Waals surface area contributed by atoms with Gasteiger partial charge in [0.25, 0.3) is 5.96 Å². The second kappa shape index (κ2) is 3.72.